The third kappa shape index (κ3) is 7.04. The second-order valence-corrected chi connectivity index (χ2v) is 10.9. The van der Waals surface area contributed by atoms with Gasteiger partial charge in [0.05, 0.1) is 23.4 Å². The first kappa shape index (κ1) is 27.4. The van der Waals surface area contributed by atoms with Crippen molar-refractivity contribution in [2.75, 3.05) is 17.2 Å². The van der Waals surface area contributed by atoms with Crippen LogP contribution in [0.4, 0.5) is 17.3 Å². The van der Waals surface area contributed by atoms with Crippen LogP contribution in [0.15, 0.2) is 67.3 Å². The van der Waals surface area contributed by atoms with Crippen LogP contribution in [0, 0.1) is 5.41 Å². The Labute approximate surface area is 237 Å². The van der Waals surface area contributed by atoms with E-state index in [1.54, 1.807) is 36.6 Å². The number of carbonyl (C=O) groups excluding carboxylic acids is 1. The first-order valence-corrected chi connectivity index (χ1v) is 14.0. The summed E-state index contributed by atoms with van der Waals surface area (Å²) < 4.78 is 10.9. The first-order valence-electron chi connectivity index (χ1n) is 13.1. The van der Waals surface area contributed by atoms with Gasteiger partial charge in [-0.25, -0.2) is 15.0 Å². The molecule has 1 aliphatic rings. The summed E-state index contributed by atoms with van der Waals surface area (Å²) in [5.41, 5.74) is 3.20. The molecule has 3 heterocycles. The lowest BCUT2D eigenvalue weighted by atomic mass is 10.2. The molecule has 1 saturated carbocycles. The summed E-state index contributed by atoms with van der Waals surface area (Å²) in [6.07, 6.45) is 10.7. The molecular formula is C29H32N8O2S. The van der Waals surface area contributed by atoms with Crippen LogP contribution >= 0.6 is 11.9 Å². The third-order valence-electron chi connectivity index (χ3n) is 6.19. The number of benzene rings is 1. The van der Waals surface area contributed by atoms with Gasteiger partial charge in [-0.05, 0) is 50.3 Å². The number of amides is 1. The number of pyridine rings is 1. The van der Waals surface area contributed by atoms with Gasteiger partial charge in [0.25, 0.3) is 0 Å². The maximum Gasteiger partial charge on any atom is 0.250 e. The topological polar surface area (TPSA) is 130 Å². The van der Waals surface area contributed by atoms with Crippen LogP contribution in [0.5, 0.6) is 0 Å². The summed E-state index contributed by atoms with van der Waals surface area (Å²) in [6.45, 7) is 4.49. The van der Waals surface area contributed by atoms with E-state index in [1.165, 1.54) is 19.1 Å². The van der Waals surface area contributed by atoms with Gasteiger partial charge in [0.15, 0.2) is 5.82 Å². The molecule has 5 rings (SSSR count). The van der Waals surface area contributed by atoms with Gasteiger partial charge >= 0.3 is 0 Å². The monoisotopic (exact) mass is 556 g/mol. The Morgan fingerprint density at radius 1 is 1.20 bits per heavy atom. The molecule has 0 radical (unpaired) electrons. The van der Waals surface area contributed by atoms with Crippen LogP contribution in [0.1, 0.15) is 44.1 Å². The zero-order valence-electron chi connectivity index (χ0n) is 22.4. The molecule has 0 atom stereocenters. The zero-order valence-corrected chi connectivity index (χ0v) is 23.2. The molecule has 0 aliphatic heterocycles. The van der Waals surface area contributed by atoms with Gasteiger partial charge in [0.1, 0.15) is 18.2 Å². The Balaban J connectivity index is 1.28. The van der Waals surface area contributed by atoms with Crippen molar-refractivity contribution in [1.29, 1.82) is 5.41 Å². The Morgan fingerprint density at radius 2 is 2.02 bits per heavy atom. The Morgan fingerprint density at radius 3 is 2.77 bits per heavy atom. The average Bonchev–Trinajstić information content (AvgIpc) is 3.72. The van der Waals surface area contributed by atoms with E-state index in [4.69, 9.17) is 10.1 Å². The van der Waals surface area contributed by atoms with Crippen molar-refractivity contribution in [3.8, 4) is 0 Å². The molecular weight excluding hydrogens is 524 g/mol. The predicted molar refractivity (Wildman–Crippen MR) is 161 cm³/mol. The van der Waals surface area contributed by atoms with Gasteiger partial charge in [-0.3, -0.25) is 4.79 Å². The lowest BCUT2D eigenvalue weighted by molar-refractivity contribution is -0.121. The minimum Gasteiger partial charge on any atom is -0.367 e. The number of allylic oxidation sites excluding steroid dienone is 1. The fourth-order valence-electron chi connectivity index (χ4n) is 4.01. The van der Waals surface area contributed by atoms with Gasteiger partial charge in [0.2, 0.25) is 5.91 Å². The molecule has 0 bridgehead atoms. The Hall–Kier alpha value is -4.22. The highest BCUT2D eigenvalue weighted by Crippen LogP contribution is 2.32. The summed E-state index contributed by atoms with van der Waals surface area (Å²) in [5, 5.41) is 15.5. The summed E-state index contributed by atoms with van der Waals surface area (Å²) >= 11 is 1.65. The molecule has 1 amide bonds. The SMILES string of the molecule is CC(C)n1cc(NC(=O)COCc2ccccc2)c2cnc(Nc3ccnc(/C(C=N)=C/NSC4CC4)n3)cc21. The standard InChI is InChI=1S/C29H32N8O2S/c1-19(2)37-16-24(34-28(38)18-39-17-20-6-4-3-5-7-20)23-15-32-27(12-25(23)37)35-26-10-11-31-29(36-26)21(13-30)14-33-40-22-8-9-22/h3-7,10-16,19,22,30,33H,8-9,17-18H2,1-2H3,(H,34,38)(H,31,32,35,36)/b21-14+,30-13?. The van der Waals surface area contributed by atoms with Crippen LogP contribution in [0.3, 0.4) is 0 Å². The van der Waals surface area contributed by atoms with E-state index in [0.717, 1.165) is 16.5 Å². The molecule has 3 aromatic heterocycles. The molecule has 4 N–H and O–H groups in total. The molecule has 1 aliphatic carbocycles. The molecule has 206 valence electrons. The van der Waals surface area contributed by atoms with Crippen molar-refractivity contribution >= 4 is 57.9 Å². The second-order valence-electron chi connectivity index (χ2n) is 9.73. The lowest BCUT2D eigenvalue weighted by Gasteiger charge is -2.11. The Bertz CT molecular complexity index is 1520. The number of aromatic nitrogens is 4. The van der Waals surface area contributed by atoms with Gasteiger partial charge < -0.3 is 30.1 Å². The minimum absolute atomic E-state index is 0.0483. The summed E-state index contributed by atoms with van der Waals surface area (Å²) in [4.78, 5) is 26.1. The van der Waals surface area contributed by atoms with E-state index in [0.29, 0.717) is 40.6 Å². The van der Waals surface area contributed by atoms with Crippen molar-refractivity contribution in [2.24, 2.45) is 0 Å². The number of rotatable bonds is 13. The van der Waals surface area contributed by atoms with Crippen LogP contribution in [0.2, 0.25) is 0 Å². The average molecular weight is 557 g/mol. The Kier molecular flexibility index (Phi) is 8.72. The largest absolute Gasteiger partial charge is 0.367 e. The van der Waals surface area contributed by atoms with Gasteiger partial charge in [-0.1, -0.05) is 30.3 Å². The van der Waals surface area contributed by atoms with Crippen molar-refractivity contribution < 1.29 is 9.53 Å². The van der Waals surface area contributed by atoms with E-state index < -0.39 is 0 Å². The highest BCUT2D eigenvalue weighted by molar-refractivity contribution is 7.98. The summed E-state index contributed by atoms with van der Waals surface area (Å²) in [5.74, 6) is 1.37. The van der Waals surface area contributed by atoms with Crippen LogP contribution < -0.4 is 15.4 Å². The van der Waals surface area contributed by atoms with E-state index in [1.807, 2.05) is 42.6 Å². The van der Waals surface area contributed by atoms with Crippen molar-refractivity contribution in [3.63, 3.8) is 0 Å². The zero-order chi connectivity index (χ0) is 27.9. The number of fused-ring (bicyclic) bond motifs is 1. The molecule has 0 unspecified atom stereocenters. The maximum absolute atomic E-state index is 12.6. The van der Waals surface area contributed by atoms with Crippen LogP contribution in [-0.4, -0.2) is 43.5 Å². The van der Waals surface area contributed by atoms with Crippen molar-refractivity contribution in [3.05, 3.63) is 78.6 Å². The second kappa shape index (κ2) is 12.8. The number of nitrogens with zero attached hydrogens (tertiary/aromatic N) is 4. The maximum atomic E-state index is 12.6. The first-order chi connectivity index (χ1) is 19.5. The highest BCUT2D eigenvalue weighted by Gasteiger charge is 2.21. The van der Waals surface area contributed by atoms with E-state index >= 15 is 0 Å². The van der Waals surface area contributed by atoms with E-state index in [-0.39, 0.29) is 18.6 Å². The fraction of sp³-hybridized carbons (Fsp3) is 0.276. The highest BCUT2D eigenvalue weighted by atomic mass is 32.2. The van der Waals surface area contributed by atoms with E-state index in [2.05, 4.69) is 48.7 Å². The number of carbonyl (C=O) groups is 1. The normalized spacial score (nSPS) is 13.4. The van der Waals surface area contributed by atoms with Crippen LogP contribution in [-0.2, 0) is 16.1 Å². The lowest BCUT2D eigenvalue weighted by Crippen LogP contribution is -2.18. The molecule has 1 aromatic carbocycles. The van der Waals surface area contributed by atoms with Crippen molar-refractivity contribution in [1.82, 2.24) is 24.2 Å². The molecule has 11 heteroatoms. The smallest absolute Gasteiger partial charge is 0.250 e. The van der Waals surface area contributed by atoms with E-state index in [9.17, 15) is 4.79 Å². The number of ether oxygens (including phenoxy) is 1. The van der Waals surface area contributed by atoms with Gasteiger partial charge in [-0.2, -0.15) is 0 Å². The number of anilines is 3. The molecule has 1 fully saturated rings. The quantitative estimate of drug-likeness (QED) is 0.122. The summed E-state index contributed by atoms with van der Waals surface area (Å²) in [6, 6.07) is 13.6. The van der Waals surface area contributed by atoms with Gasteiger partial charge in [-0.15, -0.1) is 0 Å². The minimum atomic E-state index is -0.227. The molecule has 0 saturated heterocycles. The molecule has 4 aromatic rings. The number of hydrogen-bond acceptors (Lipinski definition) is 9. The summed E-state index contributed by atoms with van der Waals surface area (Å²) in [7, 11) is 0. The van der Waals surface area contributed by atoms with Crippen LogP contribution in [0.25, 0.3) is 16.5 Å². The van der Waals surface area contributed by atoms with Crippen molar-refractivity contribution in [2.45, 2.75) is 44.6 Å². The number of nitrogens with one attached hydrogen (secondary N) is 4. The predicted octanol–water partition coefficient (Wildman–Crippen LogP) is 5.70. The molecule has 0 spiro atoms. The third-order valence-corrected chi connectivity index (χ3v) is 7.25. The molecule has 10 nitrogen and oxygen atoms in total. The number of hydrogen-bond donors (Lipinski definition) is 4. The van der Waals surface area contributed by atoms with Gasteiger partial charge in [0, 0.05) is 53.7 Å². The fourth-order valence-corrected chi connectivity index (χ4v) is 4.77. The molecule has 40 heavy (non-hydrogen) atoms.